The number of rotatable bonds is 3. The lowest BCUT2D eigenvalue weighted by Crippen LogP contribution is -2.38. The summed E-state index contributed by atoms with van der Waals surface area (Å²) in [7, 11) is 3.62. The first-order valence-corrected chi connectivity index (χ1v) is 9.50. The summed E-state index contributed by atoms with van der Waals surface area (Å²) >= 11 is 1.67. The van der Waals surface area contributed by atoms with Gasteiger partial charge in [-0.25, -0.2) is 9.78 Å². The van der Waals surface area contributed by atoms with Crippen molar-refractivity contribution in [1.29, 1.82) is 0 Å². The maximum atomic E-state index is 12.4. The number of aromatic nitrogens is 3. The van der Waals surface area contributed by atoms with Gasteiger partial charge < -0.3 is 10.0 Å². The fraction of sp³-hybridized carbons (Fsp3) is 0.529. The molecule has 1 N–H and O–H groups in total. The zero-order valence-electron chi connectivity index (χ0n) is 16.2. The number of fused-ring (bicyclic) bond motifs is 1. The van der Waals surface area contributed by atoms with Gasteiger partial charge in [0.05, 0.1) is 28.9 Å². The maximum Gasteiger partial charge on any atom is 0.490 e. The van der Waals surface area contributed by atoms with Crippen molar-refractivity contribution in [2.75, 3.05) is 20.6 Å². The summed E-state index contributed by atoms with van der Waals surface area (Å²) in [5.74, 6) is -2.67. The third-order valence-corrected chi connectivity index (χ3v) is 4.97. The minimum Gasteiger partial charge on any atom is -0.475 e. The summed E-state index contributed by atoms with van der Waals surface area (Å²) in [6, 6.07) is 2.03. The number of amides is 1. The highest BCUT2D eigenvalue weighted by Gasteiger charge is 2.38. The molecule has 0 fully saturated rings. The van der Waals surface area contributed by atoms with Crippen LogP contribution in [-0.4, -0.2) is 68.4 Å². The van der Waals surface area contributed by atoms with E-state index in [4.69, 9.17) is 9.90 Å². The number of alkyl halides is 3. The lowest BCUT2D eigenvalue weighted by atomic mass is 10.1. The van der Waals surface area contributed by atoms with Crippen LogP contribution in [0.4, 0.5) is 13.2 Å². The van der Waals surface area contributed by atoms with Crippen LogP contribution >= 0.6 is 11.3 Å². The van der Waals surface area contributed by atoms with E-state index in [0.717, 1.165) is 36.0 Å². The van der Waals surface area contributed by atoms with Crippen LogP contribution < -0.4 is 0 Å². The fourth-order valence-corrected chi connectivity index (χ4v) is 3.49. The van der Waals surface area contributed by atoms with Crippen molar-refractivity contribution in [1.82, 2.24) is 24.6 Å². The molecular weight excluding hydrogens is 411 g/mol. The van der Waals surface area contributed by atoms with Gasteiger partial charge in [-0.2, -0.15) is 18.3 Å². The molecule has 0 saturated carbocycles. The SMILES string of the molecule is Cc1nc(CN2Cc3ccnn3CC(C(=O)N(C)C)C2)cs1.O=C(O)C(F)(F)F. The van der Waals surface area contributed by atoms with E-state index in [0.29, 0.717) is 6.54 Å². The molecular formula is C17H22F3N5O3S. The minimum atomic E-state index is -5.08. The average molecular weight is 433 g/mol. The summed E-state index contributed by atoms with van der Waals surface area (Å²) in [6.45, 7) is 4.97. The number of hydrogen-bond acceptors (Lipinski definition) is 6. The van der Waals surface area contributed by atoms with E-state index in [1.165, 1.54) is 0 Å². The molecule has 3 rings (SSSR count). The second kappa shape index (κ2) is 9.35. The van der Waals surface area contributed by atoms with E-state index in [9.17, 15) is 18.0 Å². The molecule has 160 valence electrons. The van der Waals surface area contributed by atoms with E-state index in [1.54, 1.807) is 16.2 Å². The molecule has 0 bridgehead atoms. The van der Waals surface area contributed by atoms with E-state index >= 15 is 0 Å². The highest BCUT2D eigenvalue weighted by atomic mass is 32.1. The van der Waals surface area contributed by atoms with E-state index in [1.807, 2.05) is 38.0 Å². The number of carbonyl (C=O) groups is 2. The van der Waals surface area contributed by atoms with Crippen molar-refractivity contribution in [2.45, 2.75) is 32.7 Å². The third-order valence-electron chi connectivity index (χ3n) is 4.15. The van der Waals surface area contributed by atoms with Crippen LogP contribution in [0.25, 0.3) is 0 Å². The molecule has 12 heteroatoms. The van der Waals surface area contributed by atoms with Gasteiger partial charge in [-0.1, -0.05) is 0 Å². The Kier molecular flexibility index (Phi) is 7.36. The van der Waals surface area contributed by atoms with Crippen molar-refractivity contribution in [3.63, 3.8) is 0 Å². The summed E-state index contributed by atoms with van der Waals surface area (Å²) in [5, 5.41) is 14.7. The van der Waals surface area contributed by atoms with Crippen LogP contribution in [0.15, 0.2) is 17.6 Å². The van der Waals surface area contributed by atoms with Gasteiger partial charge in [-0.15, -0.1) is 11.3 Å². The Morgan fingerprint density at radius 3 is 2.52 bits per heavy atom. The average Bonchev–Trinajstić information content (AvgIpc) is 3.18. The normalized spacial score (nSPS) is 17.0. The second-order valence-electron chi connectivity index (χ2n) is 6.76. The molecule has 1 amide bonds. The largest absolute Gasteiger partial charge is 0.490 e. The molecule has 2 aromatic heterocycles. The van der Waals surface area contributed by atoms with Gasteiger partial charge in [-0.05, 0) is 13.0 Å². The van der Waals surface area contributed by atoms with E-state index in [2.05, 4.69) is 20.4 Å². The molecule has 1 aliphatic rings. The molecule has 0 aromatic carbocycles. The molecule has 0 saturated heterocycles. The van der Waals surface area contributed by atoms with Crippen molar-refractivity contribution in [3.05, 3.63) is 34.0 Å². The van der Waals surface area contributed by atoms with E-state index in [-0.39, 0.29) is 11.8 Å². The molecule has 0 aliphatic carbocycles. The number of carboxylic acid groups (broad SMARTS) is 1. The molecule has 1 atom stereocenters. The predicted octanol–water partition coefficient (Wildman–Crippen LogP) is 2.00. The Balaban J connectivity index is 0.000000370. The number of halogens is 3. The van der Waals surface area contributed by atoms with Crippen LogP contribution in [0.1, 0.15) is 16.4 Å². The molecule has 3 heterocycles. The molecule has 8 nitrogen and oxygen atoms in total. The number of nitrogens with zero attached hydrogens (tertiary/aromatic N) is 5. The summed E-state index contributed by atoms with van der Waals surface area (Å²) < 4.78 is 33.7. The highest BCUT2D eigenvalue weighted by molar-refractivity contribution is 7.09. The number of aryl methyl sites for hydroxylation is 1. The first-order chi connectivity index (χ1) is 13.5. The molecule has 0 radical (unpaired) electrons. The van der Waals surface area contributed by atoms with Gasteiger partial charge in [0.15, 0.2) is 0 Å². The van der Waals surface area contributed by atoms with Crippen molar-refractivity contribution in [2.24, 2.45) is 5.92 Å². The summed E-state index contributed by atoms with van der Waals surface area (Å²) in [6.07, 6.45) is -3.27. The van der Waals surface area contributed by atoms with Crippen LogP contribution in [-0.2, 0) is 29.2 Å². The Bertz CT molecular complexity index is 849. The van der Waals surface area contributed by atoms with Gasteiger partial charge in [0, 0.05) is 45.3 Å². The van der Waals surface area contributed by atoms with Crippen LogP contribution in [0.3, 0.4) is 0 Å². The van der Waals surface area contributed by atoms with Gasteiger partial charge in [0.25, 0.3) is 0 Å². The fourth-order valence-electron chi connectivity index (χ4n) is 2.88. The summed E-state index contributed by atoms with van der Waals surface area (Å²) in [5.41, 5.74) is 2.23. The summed E-state index contributed by atoms with van der Waals surface area (Å²) in [4.78, 5) is 29.8. The van der Waals surface area contributed by atoms with Crippen molar-refractivity contribution in [3.8, 4) is 0 Å². The molecule has 2 aromatic rings. The molecule has 1 unspecified atom stereocenters. The quantitative estimate of drug-likeness (QED) is 0.796. The Hall–Kier alpha value is -2.47. The van der Waals surface area contributed by atoms with Crippen LogP contribution in [0, 0.1) is 12.8 Å². The predicted molar refractivity (Wildman–Crippen MR) is 99.1 cm³/mol. The number of carboxylic acids is 1. The zero-order valence-corrected chi connectivity index (χ0v) is 17.0. The number of aliphatic carboxylic acids is 1. The first-order valence-electron chi connectivity index (χ1n) is 8.62. The van der Waals surface area contributed by atoms with Crippen LogP contribution in [0.2, 0.25) is 0 Å². The zero-order chi connectivity index (χ0) is 21.8. The topological polar surface area (TPSA) is 91.6 Å². The van der Waals surface area contributed by atoms with Gasteiger partial charge in [-0.3, -0.25) is 14.4 Å². The number of hydrogen-bond donors (Lipinski definition) is 1. The smallest absolute Gasteiger partial charge is 0.475 e. The molecule has 1 aliphatic heterocycles. The van der Waals surface area contributed by atoms with Crippen molar-refractivity contribution < 1.29 is 27.9 Å². The third kappa shape index (κ3) is 6.53. The lowest BCUT2D eigenvalue weighted by Gasteiger charge is -2.24. The number of carbonyl (C=O) groups excluding carboxylic acids is 1. The highest BCUT2D eigenvalue weighted by Crippen LogP contribution is 2.20. The first kappa shape index (κ1) is 22.8. The van der Waals surface area contributed by atoms with Gasteiger partial charge >= 0.3 is 12.1 Å². The van der Waals surface area contributed by atoms with Crippen molar-refractivity contribution >= 4 is 23.2 Å². The number of thiazole rings is 1. The Morgan fingerprint density at radius 1 is 1.34 bits per heavy atom. The van der Waals surface area contributed by atoms with E-state index < -0.39 is 12.1 Å². The minimum absolute atomic E-state index is 0.0733. The molecule has 0 spiro atoms. The van der Waals surface area contributed by atoms with Gasteiger partial charge in [0.2, 0.25) is 5.91 Å². The lowest BCUT2D eigenvalue weighted by molar-refractivity contribution is -0.192. The Labute approximate surface area is 169 Å². The van der Waals surface area contributed by atoms with Gasteiger partial charge in [0.1, 0.15) is 0 Å². The Morgan fingerprint density at radius 2 is 2.00 bits per heavy atom. The molecule has 29 heavy (non-hydrogen) atoms. The monoisotopic (exact) mass is 433 g/mol. The second-order valence-corrected chi connectivity index (χ2v) is 7.83. The van der Waals surface area contributed by atoms with Crippen LogP contribution in [0.5, 0.6) is 0 Å². The standard InChI is InChI=1S/C15H21N5OS.C2HF3O2/c1-11-17-13(10-22-11)8-19-6-12(15(21)18(2)3)7-20-14(9-19)4-5-16-20;3-2(4,5)1(6)7/h4-5,10,12H,6-9H2,1-3H3;(H,6,7). The maximum absolute atomic E-state index is 12.4.